The Bertz CT molecular complexity index is 661. The molecule has 0 aliphatic rings. The summed E-state index contributed by atoms with van der Waals surface area (Å²) in [5.74, 6) is -1.08. The predicted molar refractivity (Wildman–Crippen MR) is 81.5 cm³/mol. The minimum atomic E-state index is -0.987. The number of aromatic nitrogens is 1. The Balaban J connectivity index is 2.33. The first-order valence-electron chi connectivity index (χ1n) is 7.16. The molecule has 21 heavy (non-hydrogen) atoms. The second kappa shape index (κ2) is 6.43. The third kappa shape index (κ3) is 3.07. The predicted octanol–water partition coefficient (Wildman–Crippen LogP) is 2.82. The van der Waals surface area contributed by atoms with Crippen molar-refractivity contribution in [2.24, 2.45) is 0 Å². The summed E-state index contributed by atoms with van der Waals surface area (Å²) < 4.78 is 1.72. The van der Waals surface area contributed by atoms with E-state index in [1.807, 2.05) is 12.1 Å². The van der Waals surface area contributed by atoms with Crippen LogP contribution < -0.4 is 5.32 Å². The SMILES string of the molecule is CCCCNC(=O)C(C)n1ccc2cccc(C(=O)O)c21. The molecule has 1 amide bonds. The number of carbonyl (C=O) groups is 2. The Hall–Kier alpha value is -2.30. The third-order valence-corrected chi connectivity index (χ3v) is 3.60. The first kappa shape index (κ1) is 15.1. The van der Waals surface area contributed by atoms with Crippen LogP contribution in [0.5, 0.6) is 0 Å². The van der Waals surface area contributed by atoms with Crippen molar-refractivity contribution in [2.75, 3.05) is 6.54 Å². The Morgan fingerprint density at radius 2 is 2.10 bits per heavy atom. The summed E-state index contributed by atoms with van der Waals surface area (Å²) in [5.41, 5.74) is 0.800. The van der Waals surface area contributed by atoms with Gasteiger partial charge in [0.05, 0.1) is 11.1 Å². The number of unbranched alkanes of at least 4 members (excludes halogenated alkanes) is 1. The summed E-state index contributed by atoms with van der Waals surface area (Å²) in [4.78, 5) is 23.5. The number of para-hydroxylation sites is 1. The van der Waals surface area contributed by atoms with Crippen LogP contribution in [0.1, 0.15) is 43.1 Å². The van der Waals surface area contributed by atoms with E-state index in [0.29, 0.717) is 12.1 Å². The molecule has 1 heterocycles. The zero-order valence-corrected chi connectivity index (χ0v) is 12.3. The van der Waals surface area contributed by atoms with Crippen LogP contribution in [0.3, 0.4) is 0 Å². The number of hydrogen-bond acceptors (Lipinski definition) is 2. The molecule has 1 atom stereocenters. The van der Waals surface area contributed by atoms with Crippen molar-refractivity contribution < 1.29 is 14.7 Å². The molecule has 2 aromatic rings. The monoisotopic (exact) mass is 288 g/mol. The molecule has 1 aromatic carbocycles. The highest BCUT2D eigenvalue weighted by atomic mass is 16.4. The van der Waals surface area contributed by atoms with Crippen molar-refractivity contribution >= 4 is 22.8 Å². The van der Waals surface area contributed by atoms with E-state index in [9.17, 15) is 14.7 Å². The van der Waals surface area contributed by atoms with Crippen molar-refractivity contribution in [2.45, 2.75) is 32.7 Å². The standard InChI is InChI=1S/C16H20N2O3/c1-3-4-9-17-15(19)11(2)18-10-8-12-6-5-7-13(14(12)18)16(20)21/h5-8,10-11H,3-4,9H2,1-2H3,(H,17,19)(H,20,21). The number of fused-ring (bicyclic) bond motifs is 1. The van der Waals surface area contributed by atoms with Crippen molar-refractivity contribution in [1.29, 1.82) is 0 Å². The van der Waals surface area contributed by atoms with Crippen LogP contribution in [-0.2, 0) is 4.79 Å². The summed E-state index contributed by atoms with van der Waals surface area (Å²) in [6.45, 7) is 4.48. The highest BCUT2D eigenvalue weighted by molar-refractivity contribution is 6.03. The smallest absolute Gasteiger partial charge is 0.337 e. The number of amides is 1. The van der Waals surface area contributed by atoms with E-state index in [0.717, 1.165) is 18.2 Å². The van der Waals surface area contributed by atoms with Gasteiger partial charge in [0.15, 0.2) is 0 Å². The zero-order valence-electron chi connectivity index (χ0n) is 12.3. The maximum Gasteiger partial charge on any atom is 0.337 e. The second-order valence-corrected chi connectivity index (χ2v) is 5.09. The van der Waals surface area contributed by atoms with E-state index >= 15 is 0 Å². The van der Waals surface area contributed by atoms with Crippen LogP contribution in [0.25, 0.3) is 10.9 Å². The first-order valence-corrected chi connectivity index (χ1v) is 7.16. The lowest BCUT2D eigenvalue weighted by Crippen LogP contribution is -2.31. The lowest BCUT2D eigenvalue weighted by molar-refractivity contribution is -0.123. The van der Waals surface area contributed by atoms with Gasteiger partial charge >= 0.3 is 5.97 Å². The largest absolute Gasteiger partial charge is 0.478 e. The molecule has 0 saturated heterocycles. The summed E-state index contributed by atoms with van der Waals surface area (Å²) in [5, 5.41) is 13.0. The van der Waals surface area contributed by atoms with Gasteiger partial charge < -0.3 is 15.0 Å². The van der Waals surface area contributed by atoms with Crippen LogP contribution >= 0.6 is 0 Å². The summed E-state index contributed by atoms with van der Waals surface area (Å²) in [6.07, 6.45) is 3.72. The number of rotatable bonds is 6. The van der Waals surface area contributed by atoms with Gasteiger partial charge in [0.25, 0.3) is 0 Å². The molecule has 1 aromatic heterocycles. The highest BCUT2D eigenvalue weighted by Crippen LogP contribution is 2.24. The number of carboxylic acid groups (broad SMARTS) is 1. The maximum absolute atomic E-state index is 12.2. The van der Waals surface area contributed by atoms with Gasteiger partial charge in [-0.15, -0.1) is 0 Å². The van der Waals surface area contributed by atoms with Gasteiger partial charge in [-0.05, 0) is 25.5 Å². The molecule has 2 rings (SSSR count). The Kier molecular flexibility index (Phi) is 4.62. The Morgan fingerprint density at radius 1 is 1.33 bits per heavy atom. The number of carbonyl (C=O) groups excluding carboxylic acids is 1. The van der Waals surface area contributed by atoms with Gasteiger partial charge in [-0.25, -0.2) is 4.79 Å². The van der Waals surface area contributed by atoms with Gasteiger partial charge in [0, 0.05) is 18.1 Å². The molecule has 0 saturated carbocycles. The molecule has 5 heteroatoms. The highest BCUT2D eigenvalue weighted by Gasteiger charge is 2.19. The molecule has 0 aliphatic carbocycles. The molecule has 0 spiro atoms. The average Bonchev–Trinajstić information content (AvgIpc) is 2.90. The average molecular weight is 288 g/mol. The molecule has 0 fully saturated rings. The molecular formula is C16H20N2O3. The number of benzene rings is 1. The molecule has 2 N–H and O–H groups in total. The molecule has 0 bridgehead atoms. The quantitative estimate of drug-likeness (QED) is 0.803. The number of nitrogens with zero attached hydrogens (tertiary/aromatic N) is 1. The third-order valence-electron chi connectivity index (χ3n) is 3.60. The number of nitrogens with one attached hydrogen (secondary N) is 1. The fourth-order valence-electron chi connectivity index (χ4n) is 2.38. The first-order chi connectivity index (χ1) is 10.1. The Morgan fingerprint density at radius 3 is 2.76 bits per heavy atom. The van der Waals surface area contributed by atoms with Crippen LogP contribution in [0.2, 0.25) is 0 Å². The molecule has 0 aliphatic heterocycles. The normalized spacial score (nSPS) is 12.3. The second-order valence-electron chi connectivity index (χ2n) is 5.09. The van der Waals surface area contributed by atoms with Gasteiger partial charge in [-0.2, -0.15) is 0 Å². The minimum absolute atomic E-state index is 0.0962. The minimum Gasteiger partial charge on any atom is -0.478 e. The summed E-state index contributed by atoms with van der Waals surface area (Å²) in [7, 11) is 0. The van der Waals surface area contributed by atoms with Crippen molar-refractivity contribution in [3.05, 3.63) is 36.0 Å². The molecule has 1 unspecified atom stereocenters. The van der Waals surface area contributed by atoms with E-state index in [-0.39, 0.29) is 11.5 Å². The maximum atomic E-state index is 12.2. The van der Waals surface area contributed by atoms with Crippen molar-refractivity contribution in [3.8, 4) is 0 Å². The molecule has 5 nitrogen and oxygen atoms in total. The van der Waals surface area contributed by atoms with Gasteiger partial charge in [-0.1, -0.05) is 25.5 Å². The van der Waals surface area contributed by atoms with Crippen molar-refractivity contribution in [3.63, 3.8) is 0 Å². The fraction of sp³-hybridized carbons (Fsp3) is 0.375. The van der Waals surface area contributed by atoms with Gasteiger partial charge in [0.1, 0.15) is 6.04 Å². The van der Waals surface area contributed by atoms with E-state index in [1.165, 1.54) is 0 Å². The van der Waals surface area contributed by atoms with E-state index in [4.69, 9.17) is 0 Å². The van der Waals surface area contributed by atoms with Crippen molar-refractivity contribution in [1.82, 2.24) is 9.88 Å². The fourth-order valence-corrected chi connectivity index (χ4v) is 2.38. The number of hydrogen-bond donors (Lipinski definition) is 2. The number of aromatic carboxylic acids is 1. The van der Waals surface area contributed by atoms with Crippen LogP contribution in [0, 0.1) is 0 Å². The van der Waals surface area contributed by atoms with Crippen LogP contribution in [0.15, 0.2) is 30.5 Å². The lowest BCUT2D eigenvalue weighted by Gasteiger charge is -2.16. The lowest BCUT2D eigenvalue weighted by atomic mass is 10.1. The molecule has 0 radical (unpaired) electrons. The topological polar surface area (TPSA) is 71.3 Å². The molecular weight excluding hydrogens is 268 g/mol. The number of carboxylic acids is 1. The van der Waals surface area contributed by atoms with E-state index in [2.05, 4.69) is 12.2 Å². The van der Waals surface area contributed by atoms with E-state index < -0.39 is 12.0 Å². The zero-order chi connectivity index (χ0) is 15.4. The van der Waals surface area contributed by atoms with Gasteiger partial charge in [-0.3, -0.25) is 4.79 Å². The summed E-state index contributed by atoms with van der Waals surface area (Å²) >= 11 is 0. The molecule has 112 valence electrons. The summed E-state index contributed by atoms with van der Waals surface area (Å²) in [6, 6.07) is 6.50. The van der Waals surface area contributed by atoms with E-state index in [1.54, 1.807) is 29.8 Å². The van der Waals surface area contributed by atoms with Crippen LogP contribution in [-0.4, -0.2) is 28.1 Å². The Labute approximate surface area is 123 Å². The van der Waals surface area contributed by atoms with Crippen LogP contribution in [0.4, 0.5) is 0 Å². The van der Waals surface area contributed by atoms with Gasteiger partial charge in [0.2, 0.25) is 5.91 Å².